The van der Waals surface area contributed by atoms with Crippen LogP contribution in [-0.4, -0.2) is 66.5 Å². The number of carbonyl (C=O) groups excluding carboxylic acids is 3. The molecule has 0 aromatic heterocycles. The van der Waals surface area contributed by atoms with E-state index in [9.17, 15) is 28.9 Å². The van der Waals surface area contributed by atoms with E-state index in [0.29, 0.717) is 19.3 Å². The first-order valence-electron chi connectivity index (χ1n) is 26.8. The Balaban J connectivity index is 4.71. The molecule has 0 amide bonds. The van der Waals surface area contributed by atoms with Gasteiger partial charge in [-0.05, 0) is 83.5 Å². The van der Waals surface area contributed by atoms with Gasteiger partial charge in [0.05, 0.1) is 19.8 Å². The number of hydrogen-bond donors (Lipinski definition) is 2. The molecule has 0 fully saturated rings. The number of unbranched alkanes of at least 4 members (excludes halogenated alkanes) is 20. The van der Waals surface area contributed by atoms with Crippen LogP contribution >= 0.6 is 7.82 Å². The Labute approximate surface area is 414 Å². The highest BCUT2D eigenvalue weighted by molar-refractivity contribution is 7.47. The zero-order chi connectivity index (χ0) is 49.9. The highest BCUT2D eigenvalue weighted by Crippen LogP contribution is 2.43. The molecule has 0 heterocycles. The molecule has 0 saturated carbocycles. The SMILES string of the molecule is CC/C=C\C/C=C\C/C=C\C/C=C\CCCCCCCCC(=O)OC(COC(=O)CCCCCCCCCCC)COP(=O)(O)OCC(CO)OC(=O)CCCCCCC/C=C\C/C=C\CCC. The predicted molar refractivity (Wildman–Crippen MR) is 279 cm³/mol. The van der Waals surface area contributed by atoms with E-state index in [2.05, 4.69) is 93.7 Å². The molecule has 2 N–H and O–H groups in total. The molecule has 68 heavy (non-hydrogen) atoms. The summed E-state index contributed by atoms with van der Waals surface area (Å²) in [6, 6.07) is 0. The van der Waals surface area contributed by atoms with Gasteiger partial charge in [0, 0.05) is 19.3 Å². The summed E-state index contributed by atoms with van der Waals surface area (Å²) in [4.78, 5) is 48.3. The van der Waals surface area contributed by atoms with Gasteiger partial charge in [0.2, 0.25) is 0 Å². The maximum atomic E-state index is 12.8. The van der Waals surface area contributed by atoms with Crippen LogP contribution in [0.15, 0.2) is 72.9 Å². The summed E-state index contributed by atoms with van der Waals surface area (Å²) >= 11 is 0. The molecule has 0 aliphatic rings. The molecule has 3 atom stereocenters. The molecule has 0 rings (SSSR count). The van der Waals surface area contributed by atoms with Crippen LogP contribution in [0.1, 0.15) is 226 Å². The molecule has 0 spiro atoms. The van der Waals surface area contributed by atoms with Gasteiger partial charge < -0.3 is 24.2 Å². The topological polar surface area (TPSA) is 155 Å². The lowest BCUT2D eigenvalue weighted by molar-refractivity contribution is -0.161. The average molecular weight is 977 g/mol. The zero-order valence-electron chi connectivity index (χ0n) is 43.1. The highest BCUT2D eigenvalue weighted by Gasteiger charge is 2.28. The van der Waals surface area contributed by atoms with Crippen molar-refractivity contribution in [2.45, 2.75) is 238 Å². The number of allylic oxidation sites excluding steroid dienone is 12. The summed E-state index contributed by atoms with van der Waals surface area (Å²) in [5, 5.41) is 9.77. The van der Waals surface area contributed by atoms with Gasteiger partial charge in [0.25, 0.3) is 0 Å². The Hall–Kier alpha value is -3.08. The smallest absolute Gasteiger partial charge is 0.462 e. The molecule has 0 aromatic carbocycles. The van der Waals surface area contributed by atoms with Crippen molar-refractivity contribution < 1.29 is 52.2 Å². The van der Waals surface area contributed by atoms with Crippen LogP contribution in [0.4, 0.5) is 0 Å². The molecule has 0 aliphatic carbocycles. The Morgan fingerprint density at radius 2 is 0.794 bits per heavy atom. The van der Waals surface area contributed by atoms with Gasteiger partial charge in [0.1, 0.15) is 12.7 Å². The first-order valence-corrected chi connectivity index (χ1v) is 28.3. The van der Waals surface area contributed by atoms with E-state index >= 15 is 0 Å². The third kappa shape index (κ3) is 48.0. The van der Waals surface area contributed by atoms with Crippen LogP contribution in [0, 0.1) is 0 Å². The van der Waals surface area contributed by atoms with Gasteiger partial charge in [-0.1, -0.05) is 196 Å². The number of aliphatic hydroxyl groups excluding tert-OH is 1. The molecule has 0 saturated heterocycles. The van der Waals surface area contributed by atoms with E-state index < -0.39 is 57.8 Å². The van der Waals surface area contributed by atoms with Crippen LogP contribution in [0.2, 0.25) is 0 Å². The number of rotatable bonds is 49. The van der Waals surface area contributed by atoms with Crippen molar-refractivity contribution >= 4 is 25.7 Å². The average Bonchev–Trinajstić information content (AvgIpc) is 3.32. The second-order valence-electron chi connectivity index (χ2n) is 17.7. The normalized spacial score (nSPS) is 14.0. The number of aliphatic hydroxyl groups is 1. The lowest BCUT2D eigenvalue weighted by Gasteiger charge is -2.21. The third-order valence-corrected chi connectivity index (χ3v) is 12.0. The van der Waals surface area contributed by atoms with Crippen LogP contribution in [-0.2, 0) is 42.2 Å². The minimum Gasteiger partial charge on any atom is -0.462 e. The van der Waals surface area contributed by atoms with Crippen LogP contribution in [0.25, 0.3) is 0 Å². The Morgan fingerprint density at radius 1 is 0.426 bits per heavy atom. The standard InChI is InChI=1S/C56H97O11P/c1-4-7-10-13-16-19-21-23-24-25-26-27-28-30-32-35-38-41-44-47-56(60)67-53(49-63-54(58)45-42-39-36-33-18-15-12-9-6-3)51-65-68(61,62)64-50-52(48-57)66-55(59)46-43-40-37-34-31-29-22-20-17-14-11-8-5-2/h7,10-11,14,16,19-20,22-24,26-27,52-53,57H,4-6,8-9,12-13,15,17-18,21,25,28-51H2,1-3H3,(H,61,62)/b10-7-,14-11-,19-16-,22-20-,24-23-,27-26-. The lowest BCUT2D eigenvalue weighted by atomic mass is 10.1. The summed E-state index contributed by atoms with van der Waals surface area (Å²) in [6.45, 7) is 4.40. The molecular formula is C56H97O11P. The first kappa shape index (κ1) is 64.9. The number of hydrogen-bond acceptors (Lipinski definition) is 10. The Morgan fingerprint density at radius 3 is 1.24 bits per heavy atom. The van der Waals surface area contributed by atoms with Crippen LogP contribution in [0.5, 0.6) is 0 Å². The van der Waals surface area contributed by atoms with Crippen molar-refractivity contribution in [1.82, 2.24) is 0 Å². The van der Waals surface area contributed by atoms with Crippen molar-refractivity contribution in [2.75, 3.05) is 26.4 Å². The third-order valence-electron chi connectivity index (χ3n) is 11.1. The fourth-order valence-corrected chi connectivity index (χ4v) is 7.82. The molecule has 0 radical (unpaired) electrons. The number of phosphoric ester groups is 1. The van der Waals surface area contributed by atoms with E-state index in [1.54, 1.807) is 0 Å². The van der Waals surface area contributed by atoms with Gasteiger partial charge in [0.15, 0.2) is 6.10 Å². The van der Waals surface area contributed by atoms with Crippen molar-refractivity contribution in [3.05, 3.63) is 72.9 Å². The molecular weight excluding hydrogens is 880 g/mol. The van der Waals surface area contributed by atoms with Crippen LogP contribution < -0.4 is 0 Å². The number of phosphoric acid groups is 1. The molecule has 3 unspecified atom stereocenters. The van der Waals surface area contributed by atoms with Crippen molar-refractivity contribution in [3.8, 4) is 0 Å². The monoisotopic (exact) mass is 977 g/mol. The van der Waals surface area contributed by atoms with E-state index in [1.807, 2.05) is 0 Å². The predicted octanol–water partition coefficient (Wildman–Crippen LogP) is 15.4. The van der Waals surface area contributed by atoms with E-state index in [-0.39, 0.29) is 25.9 Å². The van der Waals surface area contributed by atoms with Gasteiger partial charge >= 0.3 is 25.7 Å². The molecule has 0 bridgehead atoms. The summed E-state index contributed by atoms with van der Waals surface area (Å²) in [6.07, 6.45) is 54.4. The van der Waals surface area contributed by atoms with Gasteiger partial charge in [-0.2, -0.15) is 0 Å². The minimum absolute atomic E-state index is 0.150. The zero-order valence-corrected chi connectivity index (χ0v) is 43.9. The molecule has 0 aliphatic heterocycles. The number of carbonyl (C=O) groups is 3. The second-order valence-corrected chi connectivity index (χ2v) is 19.1. The molecule has 12 heteroatoms. The number of ether oxygens (including phenoxy) is 3. The van der Waals surface area contributed by atoms with Gasteiger partial charge in [-0.15, -0.1) is 0 Å². The Kier molecular flexibility index (Phi) is 48.0. The van der Waals surface area contributed by atoms with Gasteiger partial charge in [-0.25, -0.2) is 4.57 Å². The first-order chi connectivity index (χ1) is 33.2. The van der Waals surface area contributed by atoms with Crippen LogP contribution in [0.3, 0.4) is 0 Å². The number of esters is 3. The minimum atomic E-state index is -4.75. The maximum absolute atomic E-state index is 12.8. The molecule has 392 valence electrons. The fraction of sp³-hybridized carbons (Fsp3) is 0.732. The molecule has 11 nitrogen and oxygen atoms in total. The largest absolute Gasteiger partial charge is 0.472 e. The summed E-state index contributed by atoms with van der Waals surface area (Å²) in [5.41, 5.74) is 0. The van der Waals surface area contributed by atoms with Crippen molar-refractivity contribution in [2.24, 2.45) is 0 Å². The second kappa shape index (κ2) is 50.3. The summed E-state index contributed by atoms with van der Waals surface area (Å²) in [5.74, 6) is -1.50. The highest BCUT2D eigenvalue weighted by atomic mass is 31.2. The van der Waals surface area contributed by atoms with E-state index in [4.69, 9.17) is 23.3 Å². The maximum Gasteiger partial charge on any atom is 0.472 e. The summed E-state index contributed by atoms with van der Waals surface area (Å²) < 4.78 is 39.3. The van der Waals surface area contributed by atoms with E-state index in [0.717, 1.165) is 128 Å². The molecule has 0 aromatic rings. The Bertz CT molecular complexity index is 1420. The van der Waals surface area contributed by atoms with Gasteiger partial charge in [-0.3, -0.25) is 23.4 Å². The quantitative estimate of drug-likeness (QED) is 0.0197. The van der Waals surface area contributed by atoms with Crippen molar-refractivity contribution in [3.63, 3.8) is 0 Å². The fourth-order valence-electron chi connectivity index (χ4n) is 7.03. The lowest BCUT2D eigenvalue weighted by Crippen LogP contribution is -2.30. The summed E-state index contributed by atoms with van der Waals surface area (Å²) in [7, 11) is -4.75. The van der Waals surface area contributed by atoms with Crippen molar-refractivity contribution in [1.29, 1.82) is 0 Å². The van der Waals surface area contributed by atoms with E-state index in [1.165, 1.54) is 38.5 Å².